The maximum absolute atomic E-state index is 13.8. The number of likely N-dealkylation sites (tertiary alicyclic amines) is 1. The number of nitrogens with one attached hydrogen (secondary N) is 1. The first-order valence-corrected chi connectivity index (χ1v) is 14.5. The molecule has 0 spiro atoms. The number of hydrogen-bond acceptors (Lipinski definition) is 5. The molecular weight excluding hydrogens is 567 g/mol. The second-order valence-electron chi connectivity index (χ2n) is 11.0. The molecule has 1 N–H and O–H groups in total. The smallest absolute Gasteiger partial charge is 0.230 e. The van der Waals surface area contributed by atoms with Gasteiger partial charge in [-0.3, -0.25) is 9.69 Å². The fourth-order valence-corrected chi connectivity index (χ4v) is 6.30. The summed E-state index contributed by atoms with van der Waals surface area (Å²) in [4.78, 5) is 18.6. The molecule has 0 saturated carbocycles. The van der Waals surface area contributed by atoms with Crippen molar-refractivity contribution in [3.8, 4) is 6.07 Å². The average molecular weight is 610 g/mol. The SMILES string of the molecule is Cl.Cl.N#CC(CCN1CCC(C(=O)NCCN2CCOCC2)(c2ccccc2)CC1)(c1ccccc1)c1ccccc1. The average Bonchev–Trinajstić information content (AvgIpc) is 3.04. The second-order valence-corrected chi connectivity index (χ2v) is 11.0. The van der Waals surface area contributed by atoms with Crippen LogP contribution in [0.3, 0.4) is 0 Å². The van der Waals surface area contributed by atoms with E-state index in [2.05, 4.69) is 57.6 Å². The summed E-state index contributed by atoms with van der Waals surface area (Å²) in [5.74, 6) is 0.131. The van der Waals surface area contributed by atoms with Crippen molar-refractivity contribution in [2.75, 3.05) is 59.0 Å². The molecule has 5 rings (SSSR count). The van der Waals surface area contributed by atoms with Gasteiger partial charge >= 0.3 is 0 Å². The third kappa shape index (κ3) is 7.53. The maximum atomic E-state index is 13.8. The molecular formula is C34H42Cl2N4O2. The van der Waals surface area contributed by atoms with Crippen LogP contribution in [-0.4, -0.2) is 74.7 Å². The zero-order chi connectivity index (χ0) is 27.7. The van der Waals surface area contributed by atoms with Crippen molar-refractivity contribution in [3.05, 3.63) is 108 Å². The van der Waals surface area contributed by atoms with Crippen LogP contribution >= 0.6 is 24.8 Å². The monoisotopic (exact) mass is 608 g/mol. The molecule has 2 heterocycles. The topological polar surface area (TPSA) is 68.6 Å². The number of nitriles is 1. The molecule has 2 aliphatic heterocycles. The summed E-state index contributed by atoms with van der Waals surface area (Å²) in [6, 6.07) is 33.3. The van der Waals surface area contributed by atoms with Gasteiger partial charge in [0, 0.05) is 32.7 Å². The van der Waals surface area contributed by atoms with Crippen LogP contribution in [0.2, 0.25) is 0 Å². The lowest BCUT2D eigenvalue weighted by atomic mass is 9.71. The van der Waals surface area contributed by atoms with E-state index in [-0.39, 0.29) is 30.7 Å². The molecule has 2 fully saturated rings. The van der Waals surface area contributed by atoms with Crippen LogP contribution in [0.15, 0.2) is 91.0 Å². The third-order valence-electron chi connectivity index (χ3n) is 8.81. The maximum Gasteiger partial charge on any atom is 0.230 e. The Bertz CT molecular complexity index is 1220. The quantitative estimate of drug-likeness (QED) is 0.342. The molecule has 0 unspecified atom stereocenters. The molecule has 2 aliphatic rings. The van der Waals surface area contributed by atoms with Gasteiger partial charge < -0.3 is 15.0 Å². The highest BCUT2D eigenvalue weighted by atomic mass is 35.5. The first-order valence-electron chi connectivity index (χ1n) is 14.5. The van der Waals surface area contributed by atoms with E-state index >= 15 is 0 Å². The Hall–Kier alpha value is -2.92. The van der Waals surface area contributed by atoms with E-state index in [9.17, 15) is 10.1 Å². The highest BCUT2D eigenvalue weighted by molar-refractivity contribution is 5.88. The van der Waals surface area contributed by atoms with Crippen molar-refractivity contribution in [2.24, 2.45) is 0 Å². The minimum atomic E-state index is -0.715. The van der Waals surface area contributed by atoms with E-state index in [0.29, 0.717) is 13.0 Å². The van der Waals surface area contributed by atoms with E-state index in [1.807, 2.05) is 54.6 Å². The molecule has 0 atom stereocenters. The van der Waals surface area contributed by atoms with Gasteiger partial charge in [0.1, 0.15) is 5.41 Å². The van der Waals surface area contributed by atoms with Crippen LogP contribution in [0.1, 0.15) is 36.0 Å². The van der Waals surface area contributed by atoms with E-state index in [4.69, 9.17) is 4.74 Å². The molecule has 6 nitrogen and oxygen atoms in total. The Morgan fingerprint density at radius 2 is 1.29 bits per heavy atom. The van der Waals surface area contributed by atoms with Gasteiger partial charge in [-0.1, -0.05) is 91.0 Å². The molecule has 2 saturated heterocycles. The van der Waals surface area contributed by atoms with Gasteiger partial charge in [0.2, 0.25) is 5.91 Å². The normalized spacial score (nSPS) is 17.2. The van der Waals surface area contributed by atoms with Crippen molar-refractivity contribution in [1.82, 2.24) is 15.1 Å². The molecule has 0 bridgehead atoms. The van der Waals surface area contributed by atoms with Crippen molar-refractivity contribution >= 4 is 30.7 Å². The second kappa shape index (κ2) is 16.1. The summed E-state index contributed by atoms with van der Waals surface area (Å²) in [7, 11) is 0. The van der Waals surface area contributed by atoms with Crippen molar-refractivity contribution in [2.45, 2.75) is 30.1 Å². The lowest BCUT2D eigenvalue weighted by molar-refractivity contribution is -0.128. The van der Waals surface area contributed by atoms with Crippen LogP contribution < -0.4 is 5.32 Å². The summed E-state index contributed by atoms with van der Waals surface area (Å²) in [6.07, 6.45) is 2.22. The lowest BCUT2D eigenvalue weighted by Crippen LogP contribution is -2.53. The highest BCUT2D eigenvalue weighted by Crippen LogP contribution is 2.38. The Balaban J connectivity index is 0.00000242. The number of hydrogen-bond donors (Lipinski definition) is 1. The molecule has 3 aromatic carbocycles. The van der Waals surface area contributed by atoms with Gasteiger partial charge in [0.05, 0.1) is 24.7 Å². The first-order chi connectivity index (χ1) is 19.7. The van der Waals surface area contributed by atoms with Crippen LogP contribution in [0.5, 0.6) is 0 Å². The van der Waals surface area contributed by atoms with Crippen molar-refractivity contribution < 1.29 is 9.53 Å². The largest absolute Gasteiger partial charge is 0.379 e. The molecule has 3 aromatic rings. The van der Waals surface area contributed by atoms with Gasteiger partial charge in [0.15, 0.2) is 0 Å². The Kier molecular flexibility index (Phi) is 12.8. The number of benzene rings is 3. The van der Waals surface area contributed by atoms with E-state index in [0.717, 1.165) is 82.0 Å². The zero-order valence-electron chi connectivity index (χ0n) is 24.1. The van der Waals surface area contributed by atoms with Gasteiger partial charge in [-0.15, -0.1) is 24.8 Å². The van der Waals surface area contributed by atoms with Crippen LogP contribution in [0.4, 0.5) is 0 Å². The molecule has 0 aromatic heterocycles. The standard InChI is InChI=1S/C34H40N4O2.2ClH/c35-28-34(30-12-6-2-7-13-30,31-14-8-3-9-15-31)18-22-37-20-16-33(17-21-37,29-10-4-1-5-11-29)32(39)36-19-23-38-24-26-40-27-25-38;;/h1-15H,16-27H2,(H,36,39);2*1H. The minimum Gasteiger partial charge on any atom is -0.379 e. The summed E-state index contributed by atoms with van der Waals surface area (Å²) < 4.78 is 5.45. The number of piperidine rings is 1. The predicted molar refractivity (Wildman–Crippen MR) is 172 cm³/mol. The van der Waals surface area contributed by atoms with Crippen LogP contribution in [-0.2, 0) is 20.4 Å². The van der Waals surface area contributed by atoms with Gasteiger partial charge in [-0.05, 0) is 49.0 Å². The van der Waals surface area contributed by atoms with Crippen LogP contribution in [0.25, 0.3) is 0 Å². The molecule has 1 amide bonds. The minimum absolute atomic E-state index is 0. The number of carbonyl (C=O) groups is 1. The van der Waals surface area contributed by atoms with Gasteiger partial charge in [-0.2, -0.15) is 5.26 Å². The molecule has 0 radical (unpaired) electrons. The number of rotatable bonds is 10. The van der Waals surface area contributed by atoms with Gasteiger partial charge in [-0.25, -0.2) is 0 Å². The molecule has 42 heavy (non-hydrogen) atoms. The predicted octanol–water partition coefficient (Wildman–Crippen LogP) is 5.21. The third-order valence-corrected chi connectivity index (χ3v) is 8.81. The number of morpholine rings is 1. The molecule has 224 valence electrons. The van der Waals surface area contributed by atoms with Crippen LogP contribution in [0, 0.1) is 11.3 Å². The fourth-order valence-electron chi connectivity index (χ4n) is 6.30. The number of halogens is 2. The zero-order valence-corrected chi connectivity index (χ0v) is 25.8. The number of carbonyl (C=O) groups excluding carboxylic acids is 1. The van der Waals surface area contributed by atoms with E-state index in [1.165, 1.54) is 0 Å². The summed E-state index contributed by atoms with van der Waals surface area (Å²) >= 11 is 0. The Morgan fingerprint density at radius 3 is 1.81 bits per heavy atom. The van der Waals surface area contributed by atoms with Crippen molar-refractivity contribution in [3.63, 3.8) is 0 Å². The number of nitrogens with zero attached hydrogens (tertiary/aromatic N) is 3. The number of amides is 1. The van der Waals surface area contributed by atoms with Crippen molar-refractivity contribution in [1.29, 1.82) is 5.26 Å². The summed E-state index contributed by atoms with van der Waals surface area (Å²) in [5, 5.41) is 13.8. The Labute approximate surface area is 262 Å². The lowest BCUT2D eigenvalue weighted by Gasteiger charge is -2.42. The molecule has 0 aliphatic carbocycles. The van der Waals surface area contributed by atoms with E-state index in [1.54, 1.807) is 0 Å². The summed E-state index contributed by atoms with van der Waals surface area (Å²) in [6.45, 7) is 7.29. The Morgan fingerprint density at radius 1 is 0.786 bits per heavy atom. The molecule has 8 heteroatoms. The van der Waals surface area contributed by atoms with E-state index < -0.39 is 10.8 Å². The fraction of sp³-hybridized carbons (Fsp3) is 0.412. The highest BCUT2D eigenvalue weighted by Gasteiger charge is 2.43. The number of ether oxygens (including phenoxy) is 1. The van der Waals surface area contributed by atoms with Gasteiger partial charge in [0.25, 0.3) is 0 Å². The first kappa shape index (κ1) is 33.6. The summed E-state index contributed by atoms with van der Waals surface area (Å²) in [5.41, 5.74) is 1.90.